The molecule has 0 aromatic carbocycles. The zero-order valence-electron chi connectivity index (χ0n) is 11.8. The van der Waals surface area contributed by atoms with Crippen LogP contribution in [-0.2, 0) is 6.54 Å². The van der Waals surface area contributed by atoms with Crippen LogP contribution in [0.1, 0.15) is 43.1 Å². The van der Waals surface area contributed by atoms with E-state index in [1.807, 2.05) is 6.92 Å². The predicted molar refractivity (Wildman–Crippen MR) is 74.5 cm³/mol. The fourth-order valence-corrected chi connectivity index (χ4v) is 2.33. The molecule has 110 valence electrons. The summed E-state index contributed by atoms with van der Waals surface area (Å²) in [5.74, 6) is -0.214. The number of amides is 1. The molecule has 20 heavy (non-hydrogen) atoms. The summed E-state index contributed by atoms with van der Waals surface area (Å²) in [5.41, 5.74) is 0.0866. The highest BCUT2D eigenvalue weighted by molar-refractivity contribution is 5.92. The molecule has 0 radical (unpaired) electrons. The second kappa shape index (κ2) is 6.65. The van der Waals surface area contributed by atoms with E-state index in [-0.39, 0.29) is 17.2 Å². The van der Waals surface area contributed by atoms with E-state index in [0.29, 0.717) is 19.6 Å². The Morgan fingerprint density at radius 1 is 1.50 bits per heavy atom. The largest absolute Gasteiger partial charge is 0.391 e. The van der Waals surface area contributed by atoms with Crippen molar-refractivity contribution in [1.29, 1.82) is 0 Å². The lowest BCUT2D eigenvalue weighted by molar-refractivity contribution is 0.0466. The van der Waals surface area contributed by atoms with Gasteiger partial charge in [0.1, 0.15) is 5.69 Å². The van der Waals surface area contributed by atoms with Crippen molar-refractivity contribution in [1.82, 2.24) is 14.7 Å². The van der Waals surface area contributed by atoms with E-state index in [2.05, 4.69) is 5.10 Å². The Balaban J connectivity index is 2.15. The van der Waals surface area contributed by atoms with Crippen LogP contribution in [0.25, 0.3) is 0 Å². The van der Waals surface area contributed by atoms with E-state index in [4.69, 9.17) is 0 Å². The van der Waals surface area contributed by atoms with Crippen molar-refractivity contribution in [2.45, 2.75) is 45.3 Å². The van der Waals surface area contributed by atoms with E-state index in [9.17, 15) is 14.7 Å². The van der Waals surface area contributed by atoms with Crippen molar-refractivity contribution in [2.75, 3.05) is 13.1 Å². The van der Waals surface area contributed by atoms with Gasteiger partial charge in [-0.15, -0.1) is 0 Å². The standard InChI is InChI=1S/C14H21N3O3/c1-2-3-9-17-13(19)7-6-12(15-17)14(20)16-8-4-5-11(18)10-16/h6-7,11,18H,2-5,8-10H2,1H3/t11-/m0/s1. The van der Waals surface area contributed by atoms with Gasteiger partial charge in [-0.3, -0.25) is 9.59 Å². The topological polar surface area (TPSA) is 75.4 Å². The molecule has 1 aromatic heterocycles. The molecule has 0 saturated carbocycles. The molecule has 1 aromatic rings. The first-order valence-corrected chi connectivity index (χ1v) is 7.17. The van der Waals surface area contributed by atoms with Gasteiger partial charge in [0.15, 0.2) is 0 Å². The lowest BCUT2D eigenvalue weighted by Crippen LogP contribution is -2.43. The Bertz CT molecular complexity index is 527. The fourth-order valence-electron chi connectivity index (χ4n) is 2.33. The highest BCUT2D eigenvalue weighted by atomic mass is 16.3. The molecular weight excluding hydrogens is 258 g/mol. The van der Waals surface area contributed by atoms with Crippen molar-refractivity contribution >= 4 is 5.91 Å². The molecule has 1 fully saturated rings. The SMILES string of the molecule is CCCCn1nc(C(=O)N2CCC[C@H](O)C2)ccc1=O. The zero-order chi connectivity index (χ0) is 14.5. The monoisotopic (exact) mass is 279 g/mol. The number of carbonyl (C=O) groups is 1. The minimum absolute atomic E-state index is 0.186. The van der Waals surface area contributed by atoms with Crippen LogP contribution in [0.2, 0.25) is 0 Å². The summed E-state index contributed by atoms with van der Waals surface area (Å²) in [4.78, 5) is 25.6. The number of aryl methyl sites for hydroxylation is 1. The lowest BCUT2D eigenvalue weighted by Gasteiger charge is -2.29. The molecule has 1 aliphatic rings. The third kappa shape index (κ3) is 3.45. The molecule has 1 amide bonds. The summed E-state index contributed by atoms with van der Waals surface area (Å²) < 4.78 is 1.34. The Morgan fingerprint density at radius 2 is 2.30 bits per heavy atom. The molecule has 1 aliphatic heterocycles. The van der Waals surface area contributed by atoms with Crippen molar-refractivity contribution in [3.8, 4) is 0 Å². The normalized spacial score (nSPS) is 19.1. The predicted octanol–water partition coefficient (Wildman–Crippen LogP) is 0.640. The summed E-state index contributed by atoms with van der Waals surface area (Å²) in [6.45, 7) is 3.54. The van der Waals surface area contributed by atoms with Gasteiger partial charge in [0, 0.05) is 25.7 Å². The number of piperidine rings is 1. The van der Waals surface area contributed by atoms with Gasteiger partial charge < -0.3 is 10.0 Å². The van der Waals surface area contributed by atoms with Gasteiger partial charge in [-0.05, 0) is 25.3 Å². The van der Waals surface area contributed by atoms with Gasteiger partial charge in [0.05, 0.1) is 6.10 Å². The van der Waals surface area contributed by atoms with Crippen molar-refractivity contribution in [3.63, 3.8) is 0 Å². The third-order valence-electron chi connectivity index (χ3n) is 3.49. The minimum Gasteiger partial charge on any atom is -0.391 e. The van der Waals surface area contributed by atoms with Crippen LogP contribution in [-0.4, -0.2) is 44.9 Å². The summed E-state index contributed by atoms with van der Waals surface area (Å²) >= 11 is 0. The molecule has 0 aliphatic carbocycles. The number of aromatic nitrogens is 2. The number of unbranched alkanes of at least 4 members (excludes halogenated alkanes) is 1. The molecule has 6 heteroatoms. The van der Waals surface area contributed by atoms with Gasteiger partial charge in [0.25, 0.3) is 11.5 Å². The maximum atomic E-state index is 12.3. The number of carbonyl (C=O) groups excluding carboxylic acids is 1. The first-order valence-electron chi connectivity index (χ1n) is 7.17. The third-order valence-corrected chi connectivity index (χ3v) is 3.49. The zero-order valence-corrected chi connectivity index (χ0v) is 11.8. The van der Waals surface area contributed by atoms with Gasteiger partial charge in [-0.25, -0.2) is 4.68 Å². The molecule has 1 atom stereocenters. The summed E-state index contributed by atoms with van der Waals surface area (Å²) in [5, 5.41) is 13.8. The van der Waals surface area contributed by atoms with Gasteiger partial charge >= 0.3 is 0 Å². The van der Waals surface area contributed by atoms with Crippen LogP contribution in [0.5, 0.6) is 0 Å². The fraction of sp³-hybridized carbons (Fsp3) is 0.643. The number of rotatable bonds is 4. The van der Waals surface area contributed by atoms with Crippen LogP contribution < -0.4 is 5.56 Å². The van der Waals surface area contributed by atoms with Gasteiger partial charge in [-0.2, -0.15) is 5.10 Å². The van der Waals surface area contributed by atoms with E-state index in [1.165, 1.54) is 16.8 Å². The van der Waals surface area contributed by atoms with E-state index < -0.39 is 6.10 Å². The quantitative estimate of drug-likeness (QED) is 0.877. The molecule has 2 rings (SSSR count). The number of hydrogen-bond donors (Lipinski definition) is 1. The molecule has 1 saturated heterocycles. The number of nitrogens with zero attached hydrogens (tertiary/aromatic N) is 3. The maximum absolute atomic E-state index is 12.3. The number of aliphatic hydroxyl groups is 1. The highest BCUT2D eigenvalue weighted by Gasteiger charge is 2.24. The maximum Gasteiger partial charge on any atom is 0.274 e. The smallest absolute Gasteiger partial charge is 0.274 e. The Hall–Kier alpha value is -1.69. The molecule has 0 spiro atoms. The van der Waals surface area contributed by atoms with Crippen molar-refractivity contribution < 1.29 is 9.90 Å². The molecule has 1 N–H and O–H groups in total. The number of aliphatic hydroxyl groups excluding tert-OH is 1. The Labute approximate surface area is 118 Å². The van der Waals surface area contributed by atoms with E-state index >= 15 is 0 Å². The Kier molecular flexibility index (Phi) is 4.89. The number of likely N-dealkylation sites (tertiary alicyclic amines) is 1. The molecule has 0 bridgehead atoms. The first-order chi connectivity index (χ1) is 9.61. The summed E-state index contributed by atoms with van der Waals surface area (Å²) in [6, 6.07) is 2.85. The second-order valence-corrected chi connectivity index (χ2v) is 5.18. The highest BCUT2D eigenvalue weighted by Crippen LogP contribution is 2.12. The average Bonchev–Trinajstić information content (AvgIpc) is 2.45. The van der Waals surface area contributed by atoms with Crippen LogP contribution >= 0.6 is 0 Å². The van der Waals surface area contributed by atoms with Gasteiger partial charge in [-0.1, -0.05) is 13.3 Å². The lowest BCUT2D eigenvalue weighted by atomic mass is 10.1. The molecular formula is C14H21N3O3. The second-order valence-electron chi connectivity index (χ2n) is 5.18. The molecule has 6 nitrogen and oxygen atoms in total. The van der Waals surface area contributed by atoms with Crippen LogP contribution in [0.3, 0.4) is 0 Å². The van der Waals surface area contributed by atoms with E-state index in [0.717, 1.165) is 25.7 Å². The summed E-state index contributed by atoms with van der Waals surface area (Å²) in [6.07, 6.45) is 2.88. The Morgan fingerprint density at radius 3 is 3.00 bits per heavy atom. The minimum atomic E-state index is -0.460. The van der Waals surface area contributed by atoms with Crippen LogP contribution in [0.4, 0.5) is 0 Å². The van der Waals surface area contributed by atoms with Crippen LogP contribution in [0.15, 0.2) is 16.9 Å². The molecule has 2 heterocycles. The van der Waals surface area contributed by atoms with E-state index in [1.54, 1.807) is 4.90 Å². The van der Waals surface area contributed by atoms with Gasteiger partial charge in [0.2, 0.25) is 0 Å². The molecule has 0 unspecified atom stereocenters. The number of hydrogen-bond acceptors (Lipinski definition) is 4. The number of β-amino-alcohol motifs (C(OH)–C–C–N with tert-alkyl or cyclic N) is 1. The summed E-state index contributed by atoms with van der Waals surface area (Å²) in [7, 11) is 0. The first kappa shape index (κ1) is 14.7. The van der Waals surface area contributed by atoms with Crippen molar-refractivity contribution in [2.24, 2.45) is 0 Å². The average molecular weight is 279 g/mol. The van der Waals surface area contributed by atoms with Crippen molar-refractivity contribution in [3.05, 3.63) is 28.2 Å². The van der Waals surface area contributed by atoms with Crippen LogP contribution in [0, 0.1) is 0 Å².